The molecule has 5 heteroatoms. The Bertz CT molecular complexity index is 506. The zero-order valence-corrected chi connectivity index (χ0v) is 10.6. The number of aromatic hydroxyl groups is 1. The maximum atomic E-state index is 11.6. The van der Waals surface area contributed by atoms with Gasteiger partial charge in [-0.15, -0.1) is 0 Å². The number of phenols is 1. The van der Waals surface area contributed by atoms with Crippen molar-refractivity contribution >= 4 is 5.91 Å². The molecule has 0 fully saturated rings. The topological polar surface area (TPSA) is 67.2 Å². The van der Waals surface area contributed by atoms with E-state index in [1.165, 1.54) is 0 Å². The molecule has 0 aliphatic rings. The van der Waals surface area contributed by atoms with Crippen molar-refractivity contribution in [2.45, 2.75) is 25.9 Å². The van der Waals surface area contributed by atoms with Crippen molar-refractivity contribution in [2.75, 3.05) is 0 Å². The van der Waals surface area contributed by atoms with E-state index < -0.39 is 0 Å². The molecule has 0 aliphatic carbocycles. The highest BCUT2D eigenvalue weighted by Gasteiger charge is 2.01. The van der Waals surface area contributed by atoms with Crippen molar-refractivity contribution in [1.29, 1.82) is 0 Å². The number of nitrogens with zero attached hydrogens (tertiary/aromatic N) is 2. The molecule has 0 saturated carbocycles. The van der Waals surface area contributed by atoms with E-state index in [2.05, 4.69) is 10.3 Å². The third-order valence-electron chi connectivity index (χ3n) is 2.81. The van der Waals surface area contributed by atoms with Crippen LogP contribution in [0.4, 0.5) is 0 Å². The minimum Gasteiger partial charge on any atom is -0.508 e. The van der Waals surface area contributed by atoms with Gasteiger partial charge in [0.05, 0.1) is 6.33 Å². The van der Waals surface area contributed by atoms with Crippen LogP contribution in [0.5, 0.6) is 5.75 Å². The molecule has 5 nitrogen and oxygen atoms in total. The van der Waals surface area contributed by atoms with E-state index >= 15 is 0 Å². The van der Waals surface area contributed by atoms with Crippen LogP contribution >= 0.6 is 0 Å². The van der Waals surface area contributed by atoms with Gasteiger partial charge >= 0.3 is 0 Å². The predicted molar refractivity (Wildman–Crippen MR) is 71.4 cm³/mol. The fraction of sp³-hybridized carbons (Fsp3) is 0.286. The van der Waals surface area contributed by atoms with Gasteiger partial charge in [0, 0.05) is 31.9 Å². The fourth-order valence-electron chi connectivity index (χ4n) is 1.74. The fourth-order valence-corrected chi connectivity index (χ4v) is 1.74. The minimum absolute atomic E-state index is 0.0354. The second-order valence-corrected chi connectivity index (χ2v) is 4.35. The Labute approximate surface area is 111 Å². The molecule has 2 N–H and O–H groups in total. The summed E-state index contributed by atoms with van der Waals surface area (Å²) in [7, 11) is 0. The maximum absolute atomic E-state index is 11.6. The van der Waals surface area contributed by atoms with Crippen molar-refractivity contribution in [1.82, 2.24) is 14.9 Å². The molecule has 2 rings (SSSR count). The molecule has 0 spiro atoms. The van der Waals surface area contributed by atoms with E-state index in [-0.39, 0.29) is 11.7 Å². The van der Waals surface area contributed by atoms with E-state index in [1.807, 2.05) is 10.8 Å². The Morgan fingerprint density at radius 3 is 2.79 bits per heavy atom. The first kappa shape index (κ1) is 13.1. The molecule has 1 aromatic heterocycles. The number of amides is 1. The maximum Gasteiger partial charge on any atom is 0.220 e. The monoisotopic (exact) mass is 259 g/mol. The molecule has 19 heavy (non-hydrogen) atoms. The Hall–Kier alpha value is -2.30. The smallest absolute Gasteiger partial charge is 0.220 e. The Balaban J connectivity index is 1.65. The predicted octanol–water partition coefficient (Wildman–Crippen LogP) is 1.69. The number of aryl methyl sites for hydroxylation is 1. The van der Waals surface area contributed by atoms with Crippen LogP contribution in [-0.2, 0) is 17.9 Å². The molecule has 0 radical (unpaired) electrons. The number of rotatable bonds is 6. The summed E-state index contributed by atoms with van der Waals surface area (Å²) in [5.74, 6) is 0.267. The van der Waals surface area contributed by atoms with Crippen molar-refractivity contribution in [3.8, 4) is 5.75 Å². The second-order valence-electron chi connectivity index (χ2n) is 4.35. The number of phenolic OH excluding ortho intramolecular Hbond substituents is 1. The highest BCUT2D eigenvalue weighted by molar-refractivity contribution is 5.75. The third kappa shape index (κ3) is 4.46. The van der Waals surface area contributed by atoms with E-state index in [1.54, 1.807) is 36.8 Å². The number of hydrogen-bond acceptors (Lipinski definition) is 3. The SMILES string of the molecule is O=C(CCCn1ccnc1)NCc1ccc(O)cc1. The average Bonchev–Trinajstić information content (AvgIpc) is 2.91. The summed E-state index contributed by atoms with van der Waals surface area (Å²) in [6.07, 6.45) is 6.64. The largest absolute Gasteiger partial charge is 0.508 e. The number of carbonyl (C=O) groups excluding carboxylic acids is 1. The summed E-state index contributed by atoms with van der Waals surface area (Å²) in [5, 5.41) is 12.0. The number of benzene rings is 1. The zero-order valence-electron chi connectivity index (χ0n) is 10.6. The van der Waals surface area contributed by atoms with Crippen LogP contribution in [0, 0.1) is 0 Å². The molecule has 1 aromatic carbocycles. The lowest BCUT2D eigenvalue weighted by Gasteiger charge is -2.06. The van der Waals surface area contributed by atoms with Gasteiger partial charge in [0.2, 0.25) is 5.91 Å². The number of imidazole rings is 1. The van der Waals surface area contributed by atoms with E-state index in [0.29, 0.717) is 13.0 Å². The van der Waals surface area contributed by atoms with E-state index in [0.717, 1.165) is 18.5 Å². The van der Waals surface area contributed by atoms with Gasteiger partial charge in [0.25, 0.3) is 0 Å². The Morgan fingerprint density at radius 2 is 2.11 bits per heavy atom. The molecule has 0 aliphatic heterocycles. The van der Waals surface area contributed by atoms with Gasteiger partial charge in [-0.05, 0) is 24.1 Å². The normalized spacial score (nSPS) is 10.3. The van der Waals surface area contributed by atoms with Crippen LogP contribution in [0.25, 0.3) is 0 Å². The van der Waals surface area contributed by atoms with Crippen LogP contribution in [0.1, 0.15) is 18.4 Å². The first-order valence-corrected chi connectivity index (χ1v) is 6.24. The number of carbonyl (C=O) groups is 1. The van der Waals surface area contributed by atoms with Crippen LogP contribution in [0.3, 0.4) is 0 Å². The highest BCUT2D eigenvalue weighted by atomic mass is 16.3. The molecule has 100 valence electrons. The van der Waals surface area contributed by atoms with Crippen molar-refractivity contribution < 1.29 is 9.90 Å². The van der Waals surface area contributed by atoms with Gasteiger partial charge in [0.15, 0.2) is 0 Å². The number of nitrogens with one attached hydrogen (secondary N) is 1. The third-order valence-corrected chi connectivity index (χ3v) is 2.81. The van der Waals surface area contributed by atoms with Gasteiger partial charge in [0.1, 0.15) is 5.75 Å². The molecular formula is C14H17N3O2. The minimum atomic E-state index is 0.0354. The summed E-state index contributed by atoms with van der Waals surface area (Å²) in [6, 6.07) is 6.81. The summed E-state index contributed by atoms with van der Waals surface area (Å²) >= 11 is 0. The first-order chi connectivity index (χ1) is 9.24. The van der Waals surface area contributed by atoms with E-state index in [4.69, 9.17) is 5.11 Å². The molecule has 0 bridgehead atoms. The van der Waals surface area contributed by atoms with Crippen LogP contribution in [0.15, 0.2) is 43.0 Å². The molecule has 0 unspecified atom stereocenters. The van der Waals surface area contributed by atoms with Crippen molar-refractivity contribution in [3.05, 3.63) is 48.5 Å². The van der Waals surface area contributed by atoms with Gasteiger partial charge in [-0.3, -0.25) is 4.79 Å². The van der Waals surface area contributed by atoms with E-state index in [9.17, 15) is 4.79 Å². The molecule has 2 aromatic rings. The zero-order chi connectivity index (χ0) is 13.5. The summed E-state index contributed by atoms with van der Waals surface area (Å²) in [4.78, 5) is 15.6. The van der Waals surface area contributed by atoms with Gasteiger partial charge in [-0.25, -0.2) is 4.98 Å². The summed E-state index contributed by atoms with van der Waals surface area (Å²) < 4.78 is 1.95. The Kier molecular flexibility index (Phi) is 4.55. The molecular weight excluding hydrogens is 242 g/mol. The molecule has 1 heterocycles. The standard InChI is InChI=1S/C14H17N3O2/c18-13-5-3-12(4-6-13)10-16-14(19)2-1-8-17-9-7-15-11-17/h3-7,9,11,18H,1-2,8,10H2,(H,16,19). The summed E-state index contributed by atoms with van der Waals surface area (Å²) in [6.45, 7) is 1.29. The lowest BCUT2D eigenvalue weighted by Crippen LogP contribution is -2.22. The van der Waals surface area contributed by atoms with Crippen LogP contribution < -0.4 is 5.32 Å². The second kappa shape index (κ2) is 6.58. The molecule has 0 atom stereocenters. The lowest BCUT2D eigenvalue weighted by molar-refractivity contribution is -0.121. The first-order valence-electron chi connectivity index (χ1n) is 6.24. The molecule has 1 amide bonds. The average molecular weight is 259 g/mol. The number of hydrogen-bond donors (Lipinski definition) is 2. The van der Waals surface area contributed by atoms with Gasteiger partial charge in [-0.1, -0.05) is 12.1 Å². The molecule has 0 saturated heterocycles. The number of aromatic nitrogens is 2. The van der Waals surface area contributed by atoms with Crippen LogP contribution in [-0.4, -0.2) is 20.6 Å². The van der Waals surface area contributed by atoms with Crippen molar-refractivity contribution in [2.24, 2.45) is 0 Å². The van der Waals surface area contributed by atoms with Crippen molar-refractivity contribution in [3.63, 3.8) is 0 Å². The quantitative estimate of drug-likeness (QED) is 0.829. The van der Waals surface area contributed by atoms with Gasteiger partial charge < -0.3 is 15.0 Å². The van der Waals surface area contributed by atoms with Crippen LogP contribution in [0.2, 0.25) is 0 Å². The highest BCUT2D eigenvalue weighted by Crippen LogP contribution is 2.09. The van der Waals surface area contributed by atoms with Gasteiger partial charge in [-0.2, -0.15) is 0 Å². The Morgan fingerprint density at radius 1 is 1.32 bits per heavy atom. The lowest BCUT2D eigenvalue weighted by atomic mass is 10.2. The summed E-state index contributed by atoms with van der Waals surface area (Å²) in [5.41, 5.74) is 0.973.